The third-order valence-electron chi connectivity index (χ3n) is 5.07. The van der Waals surface area contributed by atoms with Crippen molar-refractivity contribution in [2.75, 3.05) is 39.3 Å². The number of hydrogen-bond acceptors (Lipinski definition) is 12. The van der Waals surface area contributed by atoms with E-state index < -0.39 is 111 Å². The van der Waals surface area contributed by atoms with Crippen molar-refractivity contribution in [3.8, 4) is 0 Å². The van der Waals surface area contributed by atoms with E-state index in [-0.39, 0.29) is 13.1 Å². The van der Waals surface area contributed by atoms with Gasteiger partial charge in [0.15, 0.2) is 0 Å². The van der Waals surface area contributed by atoms with Crippen LogP contribution in [0.3, 0.4) is 0 Å². The predicted octanol–water partition coefficient (Wildman–Crippen LogP) is -3.59. The van der Waals surface area contributed by atoms with Gasteiger partial charge in [0.2, 0.25) is 0 Å². The first-order valence-electron chi connectivity index (χ1n) is 10.9. The van der Waals surface area contributed by atoms with Crippen LogP contribution in [-0.2, 0) is 38.4 Å². The monoisotopic (exact) mass is 584 g/mol. The third-order valence-corrected chi connectivity index (χ3v) is 5.07. The van der Waals surface area contributed by atoms with E-state index in [1.165, 1.54) is 0 Å². The van der Waals surface area contributed by atoms with Gasteiger partial charge in [-0.15, -0.1) is 0 Å². The molecule has 0 rings (SSSR count). The maximum absolute atomic E-state index is 10.9. The minimum absolute atomic E-state index is 0.0703. The summed E-state index contributed by atoms with van der Waals surface area (Å²) in [6.45, 7) is -2.25. The number of carboxylic acids is 8. The Balaban J connectivity index is 0. The van der Waals surface area contributed by atoms with Crippen LogP contribution in [0.2, 0.25) is 0 Å². The molecule has 0 bridgehead atoms. The van der Waals surface area contributed by atoms with Crippen LogP contribution >= 0.6 is 0 Å². The fourth-order valence-electron chi connectivity index (χ4n) is 3.46. The van der Waals surface area contributed by atoms with Gasteiger partial charge >= 0.3 is 47.8 Å². The second-order valence-electron chi connectivity index (χ2n) is 8.60. The van der Waals surface area contributed by atoms with Crippen LogP contribution in [0.4, 0.5) is 0 Å². The van der Waals surface area contributed by atoms with Gasteiger partial charge in [-0.1, -0.05) is 0 Å². The van der Waals surface area contributed by atoms with Gasteiger partial charge in [0, 0.05) is 18.5 Å². The minimum Gasteiger partial charge on any atom is -0.481 e. The highest BCUT2D eigenvalue weighted by molar-refractivity contribution is 5.78. The molecule has 0 amide bonds. The molecule has 20 nitrogen and oxygen atoms in total. The summed E-state index contributed by atoms with van der Waals surface area (Å²) < 4.78 is 0. The molecule has 0 aromatic heterocycles. The molecule has 0 saturated heterocycles. The number of hydrogen-bond donors (Lipinski definition) is 10. The SMILES string of the molecule is NC(N)(CC(=O)O)C(CC(=O)O)(CC(=O)O)CC(=O)O.O=C(O)CN(CCN(CC(=O)O)CC(=O)O)CC(=O)O. The average Bonchev–Trinajstić information content (AvgIpc) is 2.68. The molecule has 0 spiro atoms. The first-order valence-corrected chi connectivity index (χ1v) is 10.9. The quantitative estimate of drug-likeness (QED) is 0.0618. The standard InChI is InChI=1S/2C10H16N2O8/c11-10(12,4-8(19)20)9(1-5(13)14,2-6(15)16)3-7(17)18;13-7(14)3-11(4-8(15)16)1-2-12(5-9(17)18)6-10(19)20/h1-4,11-12H2,(H,13,14)(H,15,16)(H,17,18)(H,19,20);1-6H2,(H,13,14)(H,15,16)(H,17,18)(H,19,20). The summed E-state index contributed by atoms with van der Waals surface area (Å²) in [4.78, 5) is 87.7. The highest BCUT2D eigenvalue weighted by Gasteiger charge is 2.51. The molecule has 228 valence electrons. The molecular formula is C20H32N4O16. The van der Waals surface area contributed by atoms with Crippen LogP contribution in [0, 0.1) is 5.41 Å². The number of nitrogens with zero attached hydrogens (tertiary/aromatic N) is 2. The maximum atomic E-state index is 10.9. The summed E-state index contributed by atoms with van der Waals surface area (Å²) in [5, 5.41) is 69.7. The second kappa shape index (κ2) is 17.2. The summed E-state index contributed by atoms with van der Waals surface area (Å²) in [6, 6.07) is 0. The van der Waals surface area contributed by atoms with Gasteiger partial charge in [0.25, 0.3) is 0 Å². The Labute approximate surface area is 225 Å². The molecule has 0 radical (unpaired) electrons. The smallest absolute Gasteiger partial charge is 0.317 e. The lowest BCUT2D eigenvalue weighted by Crippen LogP contribution is -2.65. The largest absolute Gasteiger partial charge is 0.481 e. The zero-order chi connectivity index (χ0) is 31.8. The van der Waals surface area contributed by atoms with Crippen LogP contribution in [0.25, 0.3) is 0 Å². The molecule has 0 fully saturated rings. The van der Waals surface area contributed by atoms with Crippen molar-refractivity contribution in [3.63, 3.8) is 0 Å². The van der Waals surface area contributed by atoms with Crippen molar-refractivity contribution in [2.24, 2.45) is 16.9 Å². The Kier molecular flexibility index (Phi) is 16.3. The van der Waals surface area contributed by atoms with Crippen molar-refractivity contribution in [1.29, 1.82) is 0 Å². The number of aliphatic carboxylic acids is 8. The number of carbonyl (C=O) groups is 8. The Hall–Kier alpha value is -4.40. The lowest BCUT2D eigenvalue weighted by Gasteiger charge is -2.42. The molecule has 0 aromatic rings. The summed E-state index contributed by atoms with van der Waals surface area (Å²) in [5.41, 5.74) is 6.66. The van der Waals surface area contributed by atoms with Crippen LogP contribution in [0.15, 0.2) is 0 Å². The van der Waals surface area contributed by atoms with Crippen molar-refractivity contribution in [3.05, 3.63) is 0 Å². The first kappa shape index (κ1) is 37.8. The molecule has 0 heterocycles. The summed E-state index contributed by atoms with van der Waals surface area (Å²) in [6.07, 6.45) is -3.91. The summed E-state index contributed by atoms with van der Waals surface area (Å²) >= 11 is 0. The van der Waals surface area contributed by atoms with Gasteiger partial charge in [0.05, 0.1) is 57.5 Å². The molecule has 0 aliphatic heterocycles. The number of rotatable bonds is 20. The third kappa shape index (κ3) is 17.2. The van der Waals surface area contributed by atoms with Gasteiger partial charge in [-0.3, -0.25) is 48.2 Å². The van der Waals surface area contributed by atoms with Crippen molar-refractivity contribution in [1.82, 2.24) is 9.80 Å². The summed E-state index contributed by atoms with van der Waals surface area (Å²) in [7, 11) is 0. The summed E-state index contributed by atoms with van der Waals surface area (Å²) in [5.74, 6) is -11.0. The van der Waals surface area contributed by atoms with Crippen LogP contribution in [-0.4, -0.2) is 143 Å². The van der Waals surface area contributed by atoms with Crippen LogP contribution < -0.4 is 11.5 Å². The van der Waals surface area contributed by atoms with Gasteiger partial charge in [-0.2, -0.15) is 0 Å². The van der Waals surface area contributed by atoms with Crippen LogP contribution in [0.5, 0.6) is 0 Å². The van der Waals surface area contributed by atoms with E-state index in [1.54, 1.807) is 0 Å². The van der Waals surface area contributed by atoms with Crippen LogP contribution in [0.1, 0.15) is 25.7 Å². The van der Waals surface area contributed by atoms with Crippen molar-refractivity contribution >= 4 is 47.8 Å². The normalized spacial score (nSPS) is 11.3. The topological polar surface area (TPSA) is 357 Å². The predicted molar refractivity (Wildman–Crippen MR) is 126 cm³/mol. The number of nitrogens with two attached hydrogens (primary N) is 2. The molecule has 0 atom stereocenters. The fraction of sp³-hybridized carbons (Fsp3) is 0.600. The van der Waals surface area contributed by atoms with E-state index in [9.17, 15) is 38.4 Å². The highest BCUT2D eigenvalue weighted by atomic mass is 16.4. The van der Waals surface area contributed by atoms with Gasteiger partial charge in [-0.05, 0) is 0 Å². The lowest BCUT2D eigenvalue weighted by atomic mass is 9.67. The van der Waals surface area contributed by atoms with E-state index in [2.05, 4.69) is 0 Å². The Morgan fingerprint density at radius 2 is 0.650 bits per heavy atom. The van der Waals surface area contributed by atoms with E-state index >= 15 is 0 Å². The molecule has 40 heavy (non-hydrogen) atoms. The first-order chi connectivity index (χ1) is 18.1. The van der Waals surface area contributed by atoms with Gasteiger partial charge in [-0.25, -0.2) is 0 Å². The fourth-order valence-corrected chi connectivity index (χ4v) is 3.46. The van der Waals surface area contributed by atoms with E-state index in [4.69, 9.17) is 52.3 Å². The maximum Gasteiger partial charge on any atom is 0.317 e. The number of carboxylic acid groups (broad SMARTS) is 8. The van der Waals surface area contributed by atoms with Crippen molar-refractivity contribution < 1.29 is 79.2 Å². The minimum atomic E-state index is -2.31. The Bertz CT molecular complexity index is 857. The zero-order valence-corrected chi connectivity index (χ0v) is 21.0. The molecule has 0 aliphatic carbocycles. The molecule has 0 unspecified atom stereocenters. The Morgan fingerprint density at radius 3 is 0.825 bits per heavy atom. The average molecular weight is 584 g/mol. The van der Waals surface area contributed by atoms with E-state index in [0.29, 0.717) is 0 Å². The van der Waals surface area contributed by atoms with Crippen molar-refractivity contribution in [2.45, 2.75) is 31.3 Å². The van der Waals surface area contributed by atoms with Gasteiger partial charge < -0.3 is 52.3 Å². The molecule has 0 aromatic carbocycles. The molecule has 0 aliphatic rings. The second-order valence-corrected chi connectivity index (χ2v) is 8.60. The van der Waals surface area contributed by atoms with E-state index in [0.717, 1.165) is 9.80 Å². The highest BCUT2D eigenvalue weighted by Crippen LogP contribution is 2.40. The lowest BCUT2D eigenvalue weighted by molar-refractivity contribution is -0.155. The van der Waals surface area contributed by atoms with E-state index in [1.807, 2.05) is 0 Å². The molecular weight excluding hydrogens is 552 g/mol. The molecule has 20 heteroatoms. The van der Waals surface area contributed by atoms with Gasteiger partial charge in [0.1, 0.15) is 0 Å². The molecule has 0 saturated carbocycles. The zero-order valence-electron chi connectivity index (χ0n) is 21.0. The Morgan fingerprint density at radius 1 is 0.425 bits per heavy atom. The molecule has 12 N–H and O–H groups in total.